The van der Waals surface area contributed by atoms with Crippen LogP contribution < -0.4 is 9.62 Å². The van der Waals surface area contributed by atoms with Crippen molar-refractivity contribution in [2.75, 3.05) is 36.7 Å². The Labute approximate surface area is 153 Å². The zero-order valence-corrected chi connectivity index (χ0v) is 15.9. The van der Waals surface area contributed by atoms with Gasteiger partial charge in [-0.15, -0.1) is 0 Å². The van der Waals surface area contributed by atoms with Crippen molar-refractivity contribution in [3.05, 3.63) is 29.8 Å². The second-order valence-corrected chi connectivity index (χ2v) is 8.39. The maximum atomic E-state index is 13.5. The zero-order chi connectivity index (χ0) is 19.3. The Morgan fingerprint density at radius 2 is 1.92 bits per heavy atom. The Kier molecular flexibility index (Phi) is 6.94. The van der Waals surface area contributed by atoms with Crippen LogP contribution in [0.3, 0.4) is 0 Å². The molecule has 1 atom stereocenters. The Morgan fingerprint density at radius 3 is 2.50 bits per heavy atom. The maximum absolute atomic E-state index is 13.5. The first-order valence-corrected chi connectivity index (χ1v) is 10.5. The highest BCUT2D eigenvalue weighted by Crippen LogP contribution is 2.23. The summed E-state index contributed by atoms with van der Waals surface area (Å²) >= 11 is 0. The number of hydrogen-bond donors (Lipinski definition) is 1. The summed E-state index contributed by atoms with van der Waals surface area (Å²) in [4.78, 5) is 14.7. The van der Waals surface area contributed by atoms with Crippen molar-refractivity contribution in [2.45, 2.75) is 32.2 Å². The molecule has 0 radical (unpaired) electrons. The molecule has 1 amide bonds. The highest BCUT2D eigenvalue weighted by atomic mass is 32.2. The smallest absolute Gasteiger partial charge is 0.243 e. The summed E-state index contributed by atoms with van der Waals surface area (Å²) in [7, 11) is -3.86. The molecule has 1 saturated heterocycles. The largest absolute Gasteiger partial charge is 0.354 e. The lowest BCUT2D eigenvalue weighted by molar-refractivity contribution is -0.121. The number of carbonyl (C=O) groups excluding carboxylic acids is 1. The highest BCUT2D eigenvalue weighted by molar-refractivity contribution is 7.92. The van der Waals surface area contributed by atoms with Gasteiger partial charge in [-0.25, -0.2) is 17.2 Å². The molecule has 1 fully saturated rings. The zero-order valence-electron chi connectivity index (χ0n) is 15.0. The summed E-state index contributed by atoms with van der Waals surface area (Å²) in [6.07, 6.45) is 4.08. The minimum absolute atomic E-state index is 0.0916. The van der Waals surface area contributed by atoms with Crippen molar-refractivity contribution < 1.29 is 22.0 Å². The number of nitrogens with one attached hydrogen (secondary N) is 1. The molecule has 26 heavy (non-hydrogen) atoms. The lowest BCUT2D eigenvalue weighted by Crippen LogP contribution is -2.48. The van der Waals surface area contributed by atoms with E-state index in [1.165, 1.54) is 19.8 Å². The first-order valence-electron chi connectivity index (χ1n) is 8.64. The van der Waals surface area contributed by atoms with Crippen LogP contribution in [0.4, 0.5) is 14.5 Å². The molecule has 146 valence electrons. The van der Waals surface area contributed by atoms with E-state index in [1.807, 2.05) is 0 Å². The van der Waals surface area contributed by atoms with Gasteiger partial charge >= 0.3 is 0 Å². The third-order valence-electron chi connectivity index (χ3n) is 4.40. The van der Waals surface area contributed by atoms with Gasteiger partial charge in [0.05, 0.1) is 11.9 Å². The van der Waals surface area contributed by atoms with Gasteiger partial charge in [0.1, 0.15) is 6.04 Å². The van der Waals surface area contributed by atoms with Gasteiger partial charge in [-0.2, -0.15) is 0 Å². The van der Waals surface area contributed by atoms with E-state index in [4.69, 9.17) is 0 Å². The average molecular weight is 389 g/mol. The fourth-order valence-electron chi connectivity index (χ4n) is 3.10. The van der Waals surface area contributed by atoms with Crippen LogP contribution in [0.2, 0.25) is 0 Å². The van der Waals surface area contributed by atoms with E-state index in [0.29, 0.717) is 6.54 Å². The van der Waals surface area contributed by atoms with Gasteiger partial charge in [-0.05, 0) is 58.0 Å². The summed E-state index contributed by atoms with van der Waals surface area (Å²) in [5, 5.41) is 2.72. The van der Waals surface area contributed by atoms with E-state index in [-0.39, 0.29) is 5.69 Å². The fraction of sp³-hybridized carbons (Fsp3) is 0.588. The maximum Gasteiger partial charge on any atom is 0.243 e. The van der Waals surface area contributed by atoms with Gasteiger partial charge in [0.25, 0.3) is 0 Å². The van der Waals surface area contributed by atoms with E-state index in [0.717, 1.165) is 54.8 Å². The number of anilines is 1. The van der Waals surface area contributed by atoms with Crippen LogP contribution in [0.15, 0.2) is 18.2 Å². The molecule has 2 rings (SSSR count). The first kappa shape index (κ1) is 20.6. The molecule has 0 bridgehead atoms. The SMILES string of the molecule is CC(C(=O)NCCCN1CCCC1)N(c1ccc(F)c(F)c1)S(C)(=O)=O. The minimum atomic E-state index is -3.86. The van der Waals surface area contributed by atoms with Gasteiger partial charge in [0.2, 0.25) is 15.9 Å². The molecule has 0 spiro atoms. The van der Waals surface area contributed by atoms with Crippen molar-refractivity contribution >= 4 is 21.6 Å². The molecule has 0 aromatic heterocycles. The predicted octanol–water partition coefficient (Wildman–Crippen LogP) is 1.72. The number of halogens is 2. The molecule has 0 aliphatic carbocycles. The van der Waals surface area contributed by atoms with Gasteiger partial charge in [-0.3, -0.25) is 9.10 Å². The van der Waals surface area contributed by atoms with Crippen LogP contribution in [-0.2, 0) is 14.8 Å². The molecule has 6 nitrogen and oxygen atoms in total. The summed E-state index contributed by atoms with van der Waals surface area (Å²) < 4.78 is 51.6. The van der Waals surface area contributed by atoms with E-state index in [2.05, 4.69) is 10.2 Å². The number of amides is 1. The normalized spacial score (nSPS) is 16.5. The van der Waals surface area contributed by atoms with Crippen LogP contribution in [0.5, 0.6) is 0 Å². The summed E-state index contributed by atoms with van der Waals surface area (Å²) in [5.74, 6) is -2.74. The van der Waals surface area contributed by atoms with Crippen molar-refractivity contribution in [2.24, 2.45) is 0 Å². The van der Waals surface area contributed by atoms with E-state index in [1.54, 1.807) is 0 Å². The van der Waals surface area contributed by atoms with Crippen LogP contribution in [0, 0.1) is 11.6 Å². The number of rotatable bonds is 8. The fourth-order valence-corrected chi connectivity index (χ4v) is 4.27. The van der Waals surface area contributed by atoms with Crippen molar-refractivity contribution in [1.29, 1.82) is 0 Å². The van der Waals surface area contributed by atoms with E-state index in [9.17, 15) is 22.0 Å². The van der Waals surface area contributed by atoms with Crippen molar-refractivity contribution in [3.8, 4) is 0 Å². The summed E-state index contributed by atoms with van der Waals surface area (Å²) in [6, 6.07) is 1.66. The Bertz CT molecular complexity index is 737. The Morgan fingerprint density at radius 1 is 1.27 bits per heavy atom. The molecule has 1 aromatic rings. The quantitative estimate of drug-likeness (QED) is 0.688. The molecule has 1 heterocycles. The Hall–Kier alpha value is -1.74. The van der Waals surface area contributed by atoms with Gasteiger partial charge < -0.3 is 10.2 Å². The van der Waals surface area contributed by atoms with Gasteiger partial charge in [0.15, 0.2) is 11.6 Å². The topological polar surface area (TPSA) is 69.7 Å². The molecule has 9 heteroatoms. The summed E-state index contributed by atoms with van der Waals surface area (Å²) in [6.45, 7) is 4.87. The molecular weight excluding hydrogens is 364 g/mol. The third-order valence-corrected chi connectivity index (χ3v) is 5.64. The predicted molar refractivity (Wildman–Crippen MR) is 96.4 cm³/mol. The molecule has 1 aromatic carbocycles. The first-order chi connectivity index (χ1) is 12.2. The number of carbonyl (C=O) groups is 1. The molecule has 1 unspecified atom stereocenters. The third kappa shape index (κ3) is 5.38. The van der Waals surface area contributed by atoms with Crippen molar-refractivity contribution in [1.82, 2.24) is 10.2 Å². The van der Waals surface area contributed by atoms with Crippen LogP contribution in [0.1, 0.15) is 26.2 Å². The second-order valence-electron chi connectivity index (χ2n) is 6.53. The van der Waals surface area contributed by atoms with E-state index >= 15 is 0 Å². The van der Waals surface area contributed by atoms with Crippen LogP contribution in [-0.4, -0.2) is 57.7 Å². The monoisotopic (exact) mass is 389 g/mol. The molecule has 1 aliphatic rings. The molecule has 0 saturated carbocycles. The number of hydrogen-bond acceptors (Lipinski definition) is 4. The Balaban J connectivity index is 2.00. The van der Waals surface area contributed by atoms with Crippen molar-refractivity contribution in [3.63, 3.8) is 0 Å². The van der Waals surface area contributed by atoms with Gasteiger partial charge in [0, 0.05) is 12.6 Å². The molecule has 1 N–H and O–H groups in total. The summed E-state index contributed by atoms with van der Waals surface area (Å²) in [5.41, 5.74) is -0.0916. The molecule has 1 aliphatic heterocycles. The lowest BCUT2D eigenvalue weighted by atomic mass is 10.2. The highest BCUT2D eigenvalue weighted by Gasteiger charge is 2.29. The van der Waals surface area contributed by atoms with E-state index < -0.39 is 33.6 Å². The minimum Gasteiger partial charge on any atom is -0.354 e. The number of benzene rings is 1. The van der Waals surface area contributed by atoms with Crippen LogP contribution >= 0.6 is 0 Å². The number of sulfonamides is 1. The molecular formula is C17H25F2N3O3S. The van der Waals surface area contributed by atoms with Gasteiger partial charge in [-0.1, -0.05) is 0 Å². The second kappa shape index (κ2) is 8.77. The lowest BCUT2D eigenvalue weighted by Gasteiger charge is -2.28. The van der Waals surface area contributed by atoms with Crippen LogP contribution in [0.25, 0.3) is 0 Å². The average Bonchev–Trinajstić information content (AvgIpc) is 3.07. The number of nitrogens with zero attached hydrogens (tertiary/aromatic N) is 2. The number of likely N-dealkylation sites (tertiary alicyclic amines) is 1. The standard InChI is InChI=1S/C17H25F2N3O3S/c1-13(17(23)20-8-5-11-21-9-3-4-10-21)22(26(2,24)25)14-6-7-15(18)16(19)12-14/h6-7,12-13H,3-5,8-11H2,1-2H3,(H,20,23).